The molecule has 1 unspecified atom stereocenters. The van der Waals surface area contributed by atoms with Gasteiger partial charge in [0, 0.05) is 23.1 Å². The van der Waals surface area contributed by atoms with Crippen LogP contribution in [0.5, 0.6) is 0 Å². The minimum atomic E-state index is -0.258. The molecule has 0 spiro atoms. The predicted molar refractivity (Wildman–Crippen MR) is 81.1 cm³/mol. The average molecular weight is 328 g/mol. The summed E-state index contributed by atoms with van der Waals surface area (Å²) in [5.74, 6) is 0.127. The van der Waals surface area contributed by atoms with E-state index >= 15 is 0 Å². The van der Waals surface area contributed by atoms with Crippen LogP contribution in [0.15, 0.2) is 23.6 Å². The standard InChI is InChI=1S/C15H15ClFNO2S/c16-6-12-9-21-15(18-12)10-1-2-14(17)11(5-10)7-20-13-3-4-19-8-13/h1-2,5,9,13H,3-4,6-8H2. The zero-order valence-electron chi connectivity index (χ0n) is 11.4. The topological polar surface area (TPSA) is 31.4 Å². The summed E-state index contributed by atoms with van der Waals surface area (Å²) in [7, 11) is 0. The molecule has 21 heavy (non-hydrogen) atoms. The second-order valence-corrected chi connectivity index (χ2v) is 6.01. The third-order valence-corrected chi connectivity index (χ3v) is 4.56. The van der Waals surface area contributed by atoms with Gasteiger partial charge in [-0.05, 0) is 24.6 Å². The predicted octanol–water partition coefficient (Wildman–Crippen LogP) is 3.99. The minimum Gasteiger partial charge on any atom is -0.379 e. The summed E-state index contributed by atoms with van der Waals surface area (Å²) < 4.78 is 24.8. The highest BCUT2D eigenvalue weighted by molar-refractivity contribution is 7.13. The van der Waals surface area contributed by atoms with Crippen molar-refractivity contribution in [2.45, 2.75) is 25.0 Å². The minimum absolute atomic E-state index is 0.0655. The first-order chi connectivity index (χ1) is 10.3. The van der Waals surface area contributed by atoms with Gasteiger partial charge in [0.2, 0.25) is 0 Å². The van der Waals surface area contributed by atoms with E-state index in [0.29, 0.717) is 24.7 Å². The molecule has 1 aliphatic rings. The Morgan fingerprint density at radius 3 is 3.10 bits per heavy atom. The molecule has 0 amide bonds. The van der Waals surface area contributed by atoms with E-state index in [-0.39, 0.29) is 18.5 Å². The van der Waals surface area contributed by atoms with Crippen molar-refractivity contribution >= 4 is 22.9 Å². The van der Waals surface area contributed by atoms with Crippen molar-refractivity contribution in [1.29, 1.82) is 0 Å². The Bertz CT molecular complexity index is 613. The second-order valence-electron chi connectivity index (χ2n) is 4.88. The van der Waals surface area contributed by atoms with Crippen LogP contribution in [0.25, 0.3) is 10.6 Å². The molecule has 1 aliphatic heterocycles. The first-order valence-corrected chi connectivity index (χ1v) is 8.16. The van der Waals surface area contributed by atoms with Crippen LogP contribution in [-0.4, -0.2) is 24.3 Å². The molecule has 2 heterocycles. The quantitative estimate of drug-likeness (QED) is 0.778. The van der Waals surface area contributed by atoms with Gasteiger partial charge in [0.1, 0.15) is 10.8 Å². The van der Waals surface area contributed by atoms with Crippen molar-refractivity contribution in [1.82, 2.24) is 4.98 Å². The van der Waals surface area contributed by atoms with Crippen LogP contribution in [0, 0.1) is 5.82 Å². The Balaban J connectivity index is 1.75. The van der Waals surface area contributed by atoms with E-state index in [1.807, 2.05) is 5.38 Å². The number of rotatable bonds is 5. The number of hydrogen-bond donors (Lipinski definition) is 0. The van der Waals surface area contributed by atoms with E-state index in [2.05, 4.69) is 4.98 Å². The Morgan fingerprint density at radius 2 is 2.38 bits per heavy atom. The zero-order chi connectivity index (χ0) is 14.7. The Labute approximate surface area is 131 Å². The summed E-state index contributed by atoms with van der Waals surface area (Å²) in [6.45, 7) is 1.56. The van der Waals surface area contributed by atoms with Gasteiger partial charge in [-0.3, -0.25) is 0 Å². The molecule has 0 aliphatic carbocycles. The number of ether oxygens (including phenoxy) is 2. The van der Waals surface area contributed by atoms with Crippen molar-refractivity contribution in [3.63, 3.8) is 0 Å². The van der Waals surface area contributed by atoms with Gasteiger partial charge in [-0.1, -0.05) is 0 Å². The molecule has 0 N–H and O–H groups in total. The number of nitrogens with zero attached hydrogens (tertiary/aromatic N) is 1. The molecule has 0 radical (unpaired) electrons. The number of hydrogen-bond acceptors (Lipinski definition) is 4. The number of thiazole rings is 1. The molecule has 2 aromatic rings. The average Bonchev–Trinajstić information content (AvgIpc) is 3.17. The summed E-state index contributed by atoms with van der Waals surface area (Å²) >= 11 is 7.27. The largest absolute Gasteiger partial charge is 0.379 e. The molecule has 3 nitrogen and oxygen atoms in total. The van der Waals surface area contributed by atoms with Crippen LogP contribution in [0.1, 0.15) is 17.7 Å². The summed E-state index contributed by atoms with van der Waals surface area (Å²) in [4.78, 5) is 4.41. The highest BCUT2D eigenvalue weighted by Crippen LogP contribution is 2.27. The summed E-state index contributed by atoms with van der Waals surface area (Å²) in [5.41, 5.74) is 2.27. The smallest absolute Gasteiger partial charge is 0.128 e. The van der Waals surface area contributed by atoms with Crippen LogP contribution in [0.2, 0.25) is 0 Å². The highest BCUT2D eigenvalue weighted by atomic mass is 35.5. The fraction of sp³-hybridized carbons (Fsp3) is 0.400. The molecule has 3 rings (SSSR count). The van der Waals surface area contributed by atoms with Crippen molar-refractivity contribution < 1.29 is 13.9 Å². The molecular weight excluding hydrogens is 313 g/mol. The monoisotopic (exact) mass is 327 g/mol. The van der Waals surface area contributed by atoms with E-state index in [4.69, 9.17) is 21.1 Å². The lowest BCUT2D eigenvalue weighted by Gasteiger charge is -2.11. The van der Waals surface area contributed by atoms with Crippen molar-refractivity contribution in [3.8, 4) is 10.6 Å². The van der Waals surface area contributed by atoms with Crippen LogP contribution in [0.3, 0.4) is 0 Å². The van der Waals surface area contributed by atoms with Gasteiger partial charge in [0.15, 0.2) is 0 Å². The lowest BCUT2D eigenvalue weighted by Crippen LogP contribution is -2.12. The third kappa shape index (κ3) is 3.61. The van der Waals surface area contributed by atoms with Crippen LogP contribution in [-0.2, 0) is 22.0 Å². The van der Waals surface area contributed by atoms with Gasteiger partial charge < -0.3 is 9.47 Å². The van der Waals surface area contributed by atoms with Crippen molar-refractivity contribution in [2.24, 2.45) is 0 Å². The third-order valence-electron chi connectivity index (χ3n) is 3.34. The van der Waals surface area contributed by atoms with Crippen LogP contribution < -0.4 is 0 Å². The maximum absolute atomic E-state index is 13.9. The number of halogens is 2. The van der Waals surface area contributed by atoms with Crippen molar-refractivity contribution in [2.75, 3.05) is 13.2 Å². The molecule has 112 valence electrons. The van der Waals surface area contributed by atoms with Gasteiger partial charge >= 0.3 is 0 Å². The molecule has 1 aromatic heterocycles. The maximum Gasteiger partial charge on any atom is 0.128 e. The van der Waals surface area contributed by atoms with Gasteiger partial charge in [0.05, 0.1) is 30.9 Å². The number of benzene rings is 1. The van der Waals surface area contributed by atoms with Gasteiger partial charge in [-0.2, -0.15) is 0 Å². The highest BCUT2D eigenvalue weighted by Gasteiger charge is 2.17. The van der Waals surface area contributed by atoms with E-state index in [1.165, 1.54) is 17.4 Å². The van der Waals surface area contributed by atoms with Gasteiger partial charge in [-0.25, -0.2) is 9.37 Å². The molecule has 1 saturated heterocycles. The second kappa shape index (κ2) is 6.83. The lowest BCUT2D eigenvalue weighted by molar-refractivity contribution is 0.0304. The molecule has 1 aromatic carbocycles. The molecule has 0 saturated carbocycles. The Kier molecular flexibility index (Phi) is 4.85. The normalized spacial score (nSPS) is 18.3. The SMILES string of the molecule is Fc1ccc(-c2nc(CCl)cs2)cc1COC1CCOC1. The maximum atomic E-state index is 13.9. The first-order valence-electron chi connectivity index (χ1n) is 6.75. The molecular formula is C15H15ClFNO2S. The fourth-order valence-corrected chi connectivity index (χ4v) is 3.22. The van der Waals surface area contributed by atoms with Crippen molar-refractivity contribution in [3.05, 3.63) is 40.7 Å². The molecule has 0 bridgehead atoms. The van der Waals surface area contributed by atoms with E-state index in [0.717, 1.165) is 22.7 Å². The lowest BCUT2D eigenvalue weighted by atomic mass is 10.1. The molecule has 6 heteroatoms. The van der Waals surface area contributed by atoms with Gasteiger partial charge in [0.25, 0.3) is 0 Å². The zero-order valence-corrected chi connectivity index (χ0v) is 12.9. The summed E-state index contributed by atoms with van der Waals surface area (Å²) in [6.07, 6.45) is 0.933. The molecule has 1 atom stereocenters. The van der Waals surface area contributed by atoms with Crippen LogP contribution >= 0.6 is 22.9 Å². The van der Waals surface area contributed by atoms with E-state index < -0.39 is 0 Å². The number of alkyl halides is 1. The van der Waals surface area contributed by atoms with Crippen LogP contribution in [0.4, 0.5) is 4.39 Å². The van der Waals surface area contributed by atoms with E-state index in [9.17, 15) is 4.39 Å². The Hall–Kier alpha value is -1.01. The van der Waals surface area contributed by atoms with Gasteiger partial charge in [-0.15, -0.1) is 22.9 Å². The molecule has 1 fully saturated rings. The fourth-order valence-electron chi connectivity index (χ4n) is 2.17. The van der Waals surface area contributed by atoms with E-state index in [1.54, 1.807) is 12.1 Å². The first kappa shape index (κ1) is 14.9. The summed E-state index contributed by atoms with van der Waals surface area (Å²) in [5, 5.41) is 2.76. The number of aromatic nitrogens is 1. The summed E-state index contributed by atoms with van der Waals surface area (Å²) in [6, 6.07) is 4.98. The Morgan fingerprint density at radius 1 is 1.48 bits per heavy atom.